The fourth-order valence-electron chi connectivity index (χ4n) is 3.13. The first-order valence-corrected chi connectivity index (χ1v) is 12.0. The van der Waals surface area contributed by atoms with Crippen molar-refractivity contribution >= 4 is 50.9 Å². The minimum Gasteiger partial charge on any atom is -0.382 e. The summed E-state index contributed by atoms with van der Waals surface area (Å²) in [6, 6.07) is 8.94. The highest BCUT2D eigenvalue weighted by Crippen LogP contribution is 2.30. The van der Waals surface area contributed by atoms with Crippen LogP contribution in [0.25, 0.3) is 0 Å². The number of sulfonamides is 1. The minimum absolute atomic E-state index is 0.0765. The van der Waals surface area contributed by atoms with Gasteiger partial charge in [0, 0.05) is 36.6 Å². The van der Waals surface area contributed by atoms with Crippen molar-refractivity contribution in [3.05, 3.63) is 52.5 Å². The molecule has 1 aliphatic heterocycles. The normalized spacial score (nSPS) is 15.3. The molecule has 1 unspecified atom stereocenters. The quantitative estimate of drug-likeness (QED) is 0.423. The van der Waals surface area contributed by atoms with Gasteiger partial charge in [-0.25, -0.2) is 8.42 Å². The number of hydrogen-bond donors (Lipinski definition) is 2. The molecule has 2 aromatic rings. The van der Waals surface area contributed by atoms with Gasteiger partial charge in [-0.3, -0.25) is 19.3 Å². The summed E-state index contributed by atoms with van der Waals surface area (Å²) in [4.78, 5) is 29.4. The zero-order chi connectivity index (χ0) is 23.3. The Bertz CT molecular complexity index is 1160. The number of Topliss-reactive ketones (excluding diaryl/α,β-unsaturated/α-hetero) is 1. The maximum atomic E-state index is 12.9. The van der Waals surface area contributed by atoms with E-state index in [2.05, 4.69) is 15.0 Å². The molecule has 2 N–H and O–H groups in total. The average Bonchev–Trinajstić information content (AvgIpc) is 2.76. The van der Waals surface area contributed by atoms with Gasteiger partial charge in [-0.2, -0.15) is 0 Å². The van der Waals surface area contributed by atoms with Gasteiger partial charge in [0.25, 0.3) is 10.0 Å². The summed E-state index contributed by atoms with van der Waals surface area (Å²) in [6.07, 6.45) is 1.90. The van der Waals surface area contributed by atoms with Crippen LogP contribution in [0.5, 0.6) is 0 Å². The minimum atomic E-state index is -4.00. The number of nitrogens with zero attached hydrogens (tertiary/aromatic N) is 1. The summed E-state index contributed by atoms with van der Waals surface area (Å²) in [5, 5.41) is 3.11. The Labute approximate surface area is 192 Å². The first-order valence-electron chi connectivity index (χ1n) is 10.1. The predicted octanol–water partition coefficient (Wildman–Crippen LogP) is 3.51. The number of carbonyl (C=O) groups is 2. The Morgan fingerprint density at radius 1 is 1.25 bits per heavy atom. The molecule has 1 amide bonds. The molecule has 0 aliphatic carbocycles. The number of nitrogens with one attached hydrogen (secondary N) is 2. The van der Waals surface area contributed by atoms with Crippen molar-refractivity contribution in [2.24, 2.45) is 10.9 Å². The van der Waals surface area contributed by atoms with E-state index in [0.29, 0.717) is 48.1 Å². The number of fused-ring (bicyclic) bond motifs is 1. The summed E-state index contributed by atoms with van der Waals surface area (Å²) in [5.41, 5.74) is 1.31. The van der Waals surface area contributed by atoms with E-state index in [1.807, 2.05) is 6.92 Å². The molecule has 1 atom stereocenters. The Morgan fingerprint density at radius 2 is 2.03 bits per heavy atom. The highest BCUT2D eigenvalue weighted by molar-refractivity contribution is 7.92. The number of ether oxygens (including phenoxy) is 1. The molecule has 0 fully saturated rings. The van der Waals surface area contributed by atoms with Gasteiger partial charge >= 0.3 is 0 Å². The Balaban J connectivity index is 1.78. The molecule has 0 saturated carbocycles. The molecule has 170 valence electrons. The highest BCUT2D eigenvalue weighted by Gasteiger charge is 2.31. The van der Waals surface area contributed by atoms with Crippen LogP contribution in [-0.4, -0.2) is 46.1 Å². The molecule has 0 radical (unpaired) electrons. The van der Waals surface area contributed by atoms with E-state index in [9.17, 15) is 18.0 Å². The van der Waals surface area contributed by atoms with Gasteiger partial charge in [-0.15, -0.1) is 0 Å². The van der Waals surface area contributed by atoms with Crippen LogP contribution in [0.2, 0.25) is 5.02 Å². The summed E-state index contributed by atoms with van der Waals surface area (Å²) >= 11 is 6.07. The molecule has 0 spiro atoms. The molecule has 0 aromatic heterocycles. The number of amides is 1. The third-order valence-corrected chi connectivity index (χ3v) is 6.72. The lowest BCUT2D eigenvalue weighted by Gasteiger charge is -2.18. The van der Waals surface area contributed by atoms with Gasteiger partial charge in [0.1, 0.15) is 5.92 Å². The van der Waals surface area contributed by atoms with Crippen molar-refractivity contribution in [3.63, 3.8) is 0 Å². The van der Waals surface area contributed by atoms with Crippen LogP contribution in [0.15, 0.2) is 46.3 Å². The summed E-state index contributed by atoms with van der Waals surface area (Å²) in [5.74, 6) is -2.11. The fraction of sp³-hybridized carbons (Fsp3) is 0.318. The summed E-state index contributed by atoms with van der Waals surface area (Å²) in [6.45, 7) is 5.04. The summed E-state index contributed by atoms with van der Waals surface area (Å²) < 4.78 is 33.5. The van der Waals surface area contributed by atoms with Gasteiger partial charge < -0.3 is 10.1 Å². The summed E-state index contributed by atoms with van der Waals surface area (Å²) in [7, 11) is -4.00. The van der Waals surface area contributed by atoms with Crippen molar-refractivity contribution in [1.29, 1.82) is 0 Å². The van der Waals surface area contributed by atoms with Crippen LogP contribution >= 0.6 is 11.6 Å². The first-order chi connectivity index (χ1) is 15.2. The van der Waals surface area contributed by atoms with Crippen molar-refractivity contribution in [2.75, 3.05) is 24.5 Å². The fourth-order valence-corrected chi connectivity index (χ4v) is 4.45. The molecule has 32 heavy (non-hydrogen) atoms. The zero-order valence-corrected chi connectivity index (χ0v) is 19.3. The lowest BCUT2D eigenvalue weighted by molar-refractivity contribution is -0.121. The van der Waals surface area contributed by atoms with E-state index in [4.69, 9.17) is 16.3 Å². The van der Waals surface area contributed by atoms with Gasteiger partial charge in [0.05, 0.1) is 16.3 Å². The molecule has 1 heterocycles. The molecule has 8 nitrogen and oxygen atoms in total. The van der Waals surface area contributed by atoms with E-state index in [-0.39, 0.29) is 10.5 Å². The van der Waals surface area contributed by atoms with Gasteiger partial charge in [-0.05, 0) is 56.2 Å². The van der Waals surface area contributed by atoms with Crippen LogP contribution in [0.1, 0.15) is 29.3 Å². The maximum absolute atomic E-state index is 12.9. The van der Waals surface area contributed by atoms with E-state index in [1.54, 1.807) is 25.1 Å². The SMILES string of the molecule is CCOCCCNC(=O)C1C=Nc2ccc(S(=O)(=O)Nc3cccc(Cl)c3C)cc2C1=O. The predicted molar refractivity (Wildman–Crippen MR) is 124 cm³/mol. The second kappa shape index (κ2) is 10.2. The van der Waals surface area contributed by atoms with Crippen molar-refractivity contribution in [2.45, 2.75) is 25.2 Å². The second-order valence-electron chi connectivity index (χ2n) is 7.16. The molecule has 3 rings (SSSR count). The van der Waals surface area contributed by atoms with Crippen molar-refractivity contribution in [1.82, 2.24) is 5.32 Å². The molecule has 2 aromatic carbocycles. The average molecular weight is 478 g/mol. The third kappa shape index (κ3) is 5.35. The molecular formula is C22H24ClN3O5S. The number of rotatable bonds is 9. The first kappa shape index (κ1) is 23.9. The van der Waals surface area contributed by atoms with Gasteiger partial charge in [0.15, 0.2) is 5.78 Å². The monoisotopic (exact) mass is 477 g/mol. The van der Waals surface area contributed by atoms with Crippen LogP contribution < -0.4 is 10.0 Å². The lowest BCUT2D eigenvalue weighted by atomic mass is 9.94. The zero-order valence-electron chi connectivity index (χ0n) is 17.7. The van der Waals surface area contributed by atoms with Crippen LogP contribution in [0.3, 0.4) is 0 Å². The topological polar surface area (TPSA) is 114 Å². The van der Waals surface area contributed by atoms with E-state index < -0.39 is 27.6 Å². The molecule has 0 bridgehead atoms. The Hall–Kier alpha value is -2.75. The van der Waals surface area contributed by atoms with Crippen molar-refractivity contribution in [3.8, 4) is 0 Å². The smallest absolute Gasteiger partial charge is 0.261 e. The Morgan fingerprint density at radius 3 is 2.78 bits per heavy atom. The van der Waals surface area contributed by atoms with E-state index in [0.717, 1.165) is 0 Å². The number of aliphatic imine (C=N–C) groups is 1. The van der Waals surface area contributed by atoms with Crippen LogP contribution in [-0.2, 0) is 19.6 Å². The number of ketones is 1. The third-order valence-electron chi connectivity index (χ3n) is 4.95. The largest absolute Gasteiger partial charge is 0.382 e. The van der Waals surface area contributed by atoms with Gasteiger partial charge in [0.2, 0.25) is 5.91 Å². The van der Waals surface area contributed by atoms with Crippen molar-refractivity contribution < 1.29 is 22.7 Å². The highest BCUT2D eigenvalue weighted by atomic mass is 35.5. The standard InChI is InChI=1S/C22H24ClN3O5S/c1-3-31-11-5-10-24-22(28)17-13-25-20-9-8-15(12-16(20)21(17)27)32(29,30)26-19-7-4-6-18(23)14(19)2/h4,6-9,12-13,17,26H,3,5,10-11H2,1-2H3,(H,24,28). The number of benzene rings is 2. The number of halogens is 1. The van der Waals surface area contributed by atoms with Crippen LogP contribution in [0, 0.1) is 12.8 Å². The van der Waals surface area contributed by atoms with Crippen LogP contribution in [0.4, 0.5) is 11.4 Å². The second-order valence-corrected chi connectivity index (χ2v) is 9.25. The molecule has 10 heteroatoms. The number of hydrogen-bond acceptors (Lipinski definition) is 6. The molecular weight excluding hydrogens is 454 g/mol. The number of anilines is 1. The van der Waals surface area contributed by atoms with E-state index >= 15 is 0 Å². The molecule has 0 saturated heterocycles. The maximum Gasteiger partial charge on any atom is 0.261 e. The number of carbonyl (C=O) groups excluding carboxylic acids is 2. The van der Waals surface area contributed by atoms with E-state index in [1.165, 1.54) is 24.4 Å². The van der Waals surface area contributed by atoms with Gasteiger partial charge in [-0.1, -0.05) is 17.7 Å². The molecule has 1 aliphatic rings. The lowest BCUT2D eigenvalue weighted by Crippen LogP contribution is -2.38. The Kier molecular flexibility index (Phi) is 7.65.